The van der Waals surface area contributed by atoms with Gasteiger partial charge in [0, 0.05) is 32.3 Å². The van der Waals surface area contributed by atoms with Crippen LogP contribution in [0.3, 0.4) is 0 Å². The van der Waals surface area contributed by atoms with Gasteiger partial charge in [-0.2, -0.15) is 0 Å². The van der Waals surface area contributed by atoms with Crippen LogP contribution >= 0.6 is 0 Å². The van der Waals surface area contributed by atoms with Gasteiger partial charge in [0.1, 0.15) is 5.75 Å². The number of hydrogen-bond acceptors (Lipinski definition) is 4. The molecule has 1 heterocycles. The summed E-state index contributed by atoms with van der Waals surface area (Å²) < 4.78 is 5.60. The maximum Gasteiger partial charge on any atom is 0.246 e. The molecule has 1 fully saturated rings. The van der Waals surface area contributed by atoms with E-state index in [-0.39, 0.29) is 12.0 Å². The molecule has 5 heteroatoms. The number of hydrogen-bond donors (Lipinski definition) is 1. The van der Waals surface area contributed by atoms with Crippen molar-refractivity contribution in [3.8, 4) is 5.75 Å². The number of rotatable bonds is 4. The van der Waals surface area contributed by atoms with Crippen molar-refractivity contribution in [2.45, 2.75) is 20.0 Å². The number of piperazine rings is 1. The minimum Gasteiger partial charge on any atom is -0.489 e. The first-order valence-electron chi connectivity index (χ1n) is 7.67. The van der Waals surface area contributed by atoms with Gasteiger partial charge in [-0.3, -0.25) is 4.79 Å². The Balaban J connectivity index is 1.98. The number of nitrogens with two attached hydrogens (primary N) is 1. The highest BCUT2D eigenvalue weighted by Crippen LogP contribution is 2.24. The molecule has 0 spiro atoms. The summed E-state index contributed by atoms with van der Waals surface area (Å²) in [6.07, 6.45) is 3.50. The van der Waals surface area contributed by atoms with Crippen molar-refractivity contribution in [1.29, 1.82) is 0 Å². The number of carbonyl (C=O) groups excluding carboxylic acids is 1. The number of likely N-dealkylation sites (N-methyl/N-ethyl adjacent to an activating group) is 1. The fraction of sp³-hybridized carbons (Fsp3) is 0.471. The van der Waals surface area contributed by atoms with Gasteiger partial charge < -0.3 is 20.3 Å². The second-order valence-corrected chi connectivity index (χ2v) is 5.93. The zero-order valence-corrected chi connectivity index (χ0v) is 13.6. The Bertz CT molecular complexity index is 547. The highest BCUT2D eigenvalue weighted by molar-refractivity contribution is 5.92. The molecule has 1 aliphatic rings. The van der Waals surface area contributed by atoms with Crippen LogP contribution in [0.5, 0.6) is 5.75 Å². The fourth-order valence-electron chi connectivity index (χ4n) is 2.33. The van der Waals surface area contributed by atoms with Gasteiger partial charge in [-0.1, -0.05) is 6.07 Å². The molecule has 2 rings (SSSR count). The highest BCUT2D eigenvalue weighted by atomic mass is 16.5. The molecule has 5 nitrogen and oxygen atoms in total. The Morgan fingerprint density at radius 1 is 1.27 bits per heavy atom. The van der Waals surface area contributed by atoms with E-state index in [1.54, 1.807) is 12.2 Å². The first-order chi connectivity index (χ1) is 10.5. The number of nitrogens with zero attached hydrogens (tertiary/aromatic N) is 2. The minimum atomic E-state index is 0.0502. The monoisotopic (exact) mass is 303 g/mol. The Morgan fingerprint density at radius 2 is 1.95 bits per heavy atom. The second-order valence-electron chi connectivity index (χ2n) is 5.93. The Kier molecular flexibility index (Phi) is 5.44. The first-order valence-corrected chi connectivity index (χ1v) is 7.67. The van der Waals surface area contributed by atoms with E-state index in [9.17, 15) is 4.79 Å². The van der Waals surface area contributed by atoms with Gasteiger partial charge >= 0.3 is 0 Å². The second kappa shape index (κ2) is 7.31. The summed E-state index contributed by atoms with van der Waals surface area (Å²) in [6.45, 7) is 7.33. The van der Waals surface area contributed by atoms with E-state index in [0.717, 1.165) is 31.7 Å². The van der Waals surface area contributed by atoms with Crippen molar-refractivity contribution in [2.75, 3.05) is 39.0 Å². The molecule has 1 saturated heterocycles. The smallest absolute Gasteiger partial charge is 0.246 e. The number of nitrogen functional groups attached to an aromatic ring is 1. The van der Waals surface area contributed by atoms with E-state index >= 15 is 0 Å². The van der Waals surface area contributed by atoms with Gasteiger partial charge in [-0.15, -0.1) is 0 Å². The number of ether oxygens (including phenoxy) is 1. The molecule has 0 bridgehead atoms. The van der Waals surface area contributed by atoms with E-state index in [2.05, 4.69) is 11.9 Å². The molecule has 2 N–H and O–H groups in total. The Morgan fingerprint density at radius 3 is 2.55 bits per heavy atom. The Hall–Kier alpha value is -2.01. The van der Waals surface area contributed by atoms with Crippen LogP contribution in [0, 0.1) is 0 Å². The van der Waals surface area contributed by atoms with Crippen molar-refractivity contribution in [2.24, 2.45) is 0 Å². The van der Waals surface area contributed by atoms with Crippen LogP contribution in [0.4, 0.5) is 5.69 Å². The van der Waals surface area contributed by atoms with Gasteiger partial charge in [0.25, 0.3) is 0 Å². The molecular formula is C17H25N3O2. The lowest BCUT2D eigenvalue weighted by molar-refractivity contribution is -0.127. The zero-order valence-electron chi connectivity index (χ0n) is 13.6. The largest absolute Gasteiger partial charge is 0.489 e. The van der Waals surface area contributed by atoms with Gasteiger partial charge in [0.15, 0.2) is 0 Å². The quantitative estimate of drug-likeness (QED) is 0.681. The van der Waals surface area contributed by atoms with E-state index < -0.39 is 0 Å². The van der Waals surface area contributed by atoms with Crippen LogP contribution in [0.15, 0.2) is 24.3 Å². The number of anilines is 1. The van der Waals surface area contributed by atoms with E-state index in [1.165, 1.54) is 0 Å². The van der Waals surface area contributed by atoms with E-state index in [0.29, 0.717) is 11.4 Å². The maximum absolute atomic E-state index is 12.1. The molecule has 0 unspecified atom stereocenters. The number of benzene rings is 1. The summed E-state index contributed by atoms with van der Waals surface area (Å²) in [5.74, 6) is 0.728. The maximum atomic E-state index is 12.1. The third-order valence-electron chi connectivity index (χ3n) is 3.63. The molecule has 1 aliphatic heterocycles. The molecule has 0 saturated carbocycles. The summed E-state index contributed by atoms with van der Waals surface area (Å²) in [7, 11) is 2.07. The molecule has 22 heavy (non-hydrogen) atoms. The van der Waals surface area contributed by atoms with Gasteiger partial charge in [-0.05, 0) is 44.7 Å². The predicted octanol–water partition coefficient (Wildman–Crippen LogP) is 1.84. The first kappa shape index (κ1) is 16.4. The molecule has 0 atom stereocenters. The molecule has 120 valence electrons. The minimum absolute atomic E-state index is 0.0502. The van der Waals surface area contributed by atoms with Crippen LogP contribution in [0.1, 0.15) is 19.4 Å². The normalized spacial score (nSPS) is 16.5. The molecular weight excluding hydrogens is 278 g/mol. The summed E-state index contributed by atoms with van der Waals surface area (Å²) in [4.78, 5) is 16.2. The van der Waals surface area contributed by atoms with E-state index in [1.807, 2.05) is 36.9 Å². The topological polar surface area (TPSA) is 58.8 Å². The molecule has 0 radical (unpaired) electrons. The van der Waals surface area contributed by atoms with Crippen LogP contribution < -0.4 is 10.5 Å². The zero-order chi connectivity index (χ0) is 16.1. The van der Waals surface area contributed by atoms with Crippen molar-refractivity contribution < 1.29 is 9.53 Å². The third-order valence-corrected chi connectivity index (χ3v) is 3.63. The lowest BCUT2D eigenvalue weighted by atomic mass is 10.1. The summed E-state index contributed by atoms with van der Waals surface area (Å²) in [5.41, 5.74) is 7.46. The molecule has 0 aliphatic carbocycles. The van der Waals surface area contributed by atoms with Crippen molar-refractivity contribution in [3.63, 3.8) is 0 Å². The summed E-state index contributed by atoms with van der Waals surface area (Å²) >= 11 is 0. The van der Waals surface area contributed by atoms with Crippen molar-refractivity contribution in [3.05, 3.63) is 29.8 Å². The fourth-order valence-corrected chi connectivity index (χ4v) is 2.33. The lowest BCUT2D eigenvalue weighted by Crippen LogP contribution is -2.46. The van der Waals surface area contributed by atoms with Crippen molar-refractivity contribution in [1.82, 2.24) is 9.80 Å². The Labute approximate surface area is 132 Å². The van der Waals surface area contributed by atoms with Crippen LogP contribution in [0.25, 0.3) is 6.08 Å². The van der Waals surface area contributed by atoms with Gasteiger partial charge in [-0.25, -0.2) is 0 Å². The standard InChI is InChI=1S/C17H25N3O2/c1-13(2)22-16-6-4-14(12-15(16)18)5-7-17(21)20-10-8-19(3)9-11-20/h4-7,12-13H,8-11,18H2,1-3H3/b7-5-. The SMILES string of the molecule is CC(C)Oc1ccc(/C=C\C(=O)N2CCN(C)CC2)cc1N. The van der Waals surface area contributed by atoms with Gasteiger partial charge in [0.05, 0.1) is 11.8 Å². The predicted molar refractivity (Wildman–Crippen MR) is 89.7 cm³/mol. The molecule has 1 aromatic carbocycles. The lowest BCUT2D eigenvalue weighted by Gasteiger charge is -2.31. The van der Waals surface area contributed by atoms with Crippen LogP contribution in [0.2, 0.25) is 0 Å². The highest BCUT2D eigenvalue weighted by Gasteiger charge is 2.16. The number of amides is 1. The van der Waals surface area contributed by atoms with E-state index in [4.69, 9.17) is 10.5 Å². The van der Waals surface area contributed by atoms with Gasteiger partial charge in [0.2, 0.25) is 5.91 Å². The number of carbonyl (C=O) groups is 1. The average molecular weight is 303 g/mol. The van der Waals surface area contributed by atoms with Crippen LogP contribution in [-0.2, 0) is 4.79 Å². The molecule has 1 amide bonds. The van der Waals surface area contributed by atoms with Crippen molar-refractivity contribution >= 4 is 17.7 Å². The summed E-state index contributed by atoms with van der Waals surface area (Å²) in [6, 6.07) is 5.57. The average Bonchev–Trinajstić information content (AvgIpc) is 2.47. The van der Waals surface area contributed by atoms with Crippen LogP contribution in [-0.4, -0.2) is 55.0 Å². The summed E-state index contributed by atoms with van der Waals surface area (Å²) in [5, 5.41) is 0. The molecule has 0 aromatic heterocycles. The third kappa shape index (κ3) is 4.49. The molecule has 1 aromatic rings.